The number of aliphatic hydroxyl groups is 1. The van der Waals surface area contributed by atoms with Crippen molar-refractivity contribution in [3.8, 4) is 0 Å². The molecule has 1 N–H and O–H groups in total. The zero-order valence-corrected chi connectivity index (χ0v) is 9.79. The second-order valence-corrected chi connectivity index (χ2v) is 4.17. The molecule has 1 aromatic rings. The van der Waals surface area contributed by atoms with Gasteiger partial charge < -0.3 is 5.11 Å². The molecule has 0 heterocycles. The van der Waals surface area contributed by atoms with Crippen molar-refractivity contribution in [1.82, 2.24) is 0 Å². The first-order valence-corrected chi connectivity index (χ1v) is 5.05. The second kappa shape index (κ2) is 4.69. The molecule has 1 unspecified atom stereocenters. The van der Waals surface area contributed by atoms with Crippen molar-refractivity contribution >= 4 is 15.9 Å². The Morgan fingerprint density at radius 2 is 1.50 bits per heavy atom. The molecule has 0 aliphatic rings. The molecule has 0 amide bonds. The third-order valence-corrected chi connectivity index (χ3v) is 2.66. The fourth-order valence-electron chi connectivity index (χ4n) is 1.10. The van der Waals surface area contributed by atoms with E-state index in [1.807, 2.05) is 0 Å². The smallest absolute Gasteiger partial charge is 0.382 e. The van der Waals surface area contributed by atoms with Gasteiger partial charge in [0.1, 0.15) is 11.6 Å². The Morgan fingerprint density at radius 3 is 1.94 bits per heavy atom. The van der Waals surface area contributed by atoms with Gasteiger partial charge in [-0.3, -0.25) is 0 Å². The van der Waals surface area contributed by atoms with Crippen molar-refractivity contribution in [3.05, 3.63) is 33.8 Å². The Balaban J connectivity index is 3.27. The lowest BCUT2D eigenvalue weighted by Crippen LogP contribution is -2.42. The van der Waals surface area contributed by atoms with E-state index in [9.17, 15) is 30.7 Å². The summed E-state index contributed by atoms with van der Waals surface area (Å²) in [6.07, 6.45) is -9.61. The van der Waals surface area contributed by atoms with Crippen LogP contribution in [-0.4, -0.2) is 17.2 Å². The van der Waals surface area contributed by atoms with Crippen LogP contribution in [-0.2, 0) is 0 Å². The number of benzene rings is 1. The summed E-state index contributed by atoms with van der Waals surface area (Å²) in [5.74, 6) is -8.45. The number of halogens is 8. The van der Waals surface area contributed by atoms with Gasteiger partial charge in [-0.25, -0.2) is 8.78 Å². The molecule has 0 bridgehead atoms. The molecule has 0 radical (unpaired) electrons. The fraction of sp³-hybridized carbons (Fsp3) is 0.333. The van der Waals surface area contributed by atoms with Gasteiger partial charge in [-0.1, -0.05) is 0 Å². The van der Waals surface area contributed by atoms with Crippen molar-refractivity contribution in [2.45, 2.75) is 18.2 Å². The first-order chi connectivity index (χ1) is 7.98. The van der Waals surface area contributed by atoms with Crippen molar-refractivity contribution < 1.29 is 35.8 Å². The van der Waals surface area contributed by atoms with Crippen LogP contribution < -0.4 is 0 Å². The van der Waals surface area contributed by atoms with Gasteiger partial charge in [0, 0.05) is 5.56 Å². The molecule has 1 rings (SSSR count). The van der Waals surface area contributed by atoms with Crippen LogP contribution >= 0.6 is 15.9 Å². The van der Waals surface area contributed by atoms with Crippen LogP contribution in [0, 0.1) is 11.6 Å². The topological polar surface area (TPSA) is 20.2 Å². The minimum absolute atomic E-state index is 0.0731. The second-order valence-electron chi connectivity index (χ2n) is 3.31. The lowest BCUT2D eigenvalue weighted by Gasteiger charge is -2.25. The Morgan fingerprint density at radius 1 is 1.00 bits per heavy atom. The maximum atomic E-state index is 13.1. The zero-order chi connectivity index (χ0) is 14.3. The maximum absolute atomic E-state index is 13.1. The molecule has 1 atom stereocenters. The van der Waals surface area contributed by atoms with E-state index in [4.69, 9.17) is 5.11 Å². The summed E-state index contributed by atoms with van der Waals surface area (Å²) in [7, 11) is 0. The maximum Gasteiger partial charge on any atom is 0.456 e. The Labute approximate surface area is 104 Å². The van der Waals surface area contributed by atoms with Crippen molar-refractivity contribution in [2.24, 2.45) is 0 Å². The highest BCUT2D eigenvalue weighted by Crippen LogP contribution is 2.45. The third-order valence-electron chi connectivity index (χ3n) is 2.06. The van der Waals surface area contributed by atoms with E-state index in [1.54, 1.807) is 0 Å². The molecule has 102 valence electrons. The molecular weight excluding hydrogens is 337 g/mol. The molecule has 1 aromatic carbocycles. The minimum Gasteiger partial charge on any atom is -0.382 e. The number of rotatable bonds is 2. The van der Waals surface area contributed by atoms with E-state index in [2.05, 4.69) is 15.9 Å². The van der Waals surface area contributed by atoms with Gasteiger partial charge in [0.2, 0.25) is 0 Å². The zero-order valence-electron chi connectivity index (χ0n) is 8.20. The predicted molar refractivity (Wildman–Crippen MR) is 50.0 cm³/mol. The number of hydrogen-bond donors (Lipinski definition) is 1. The van der Waals surface area contributed by atoms with Crippen LogP contribution in [0.1, 0.15) is 11.7 Å². The van der Waals surface area contributed by atoms with Gasteiger partial charge in [0.25, 0.3) is 0 Å². The van der Waals surface area contributed by atoms with E-state index in [0.29, 0.717) is 6.07 Å². The van der Waals surface area contributed by atoms with Crippen LogP contribution in [0.25, 0.3) is 0 Å². The summed E-state index contributed by atoms with van der Waals surface area (Å²) in [5, 5.41) is 8.89. The van der Waals surface area contributed by atoms with E-state index >= 15 is 0 Å². The summed E-state index contributed by atoms with van der Waals surface area (Å²) in [6, 6.07) is 0.421. The summed E-state index contributed by atoms with van der Waals surface area (Å²) in [4.78, 5) is 0. The highest BCUT2D eigenvalue weighted by Gasteiger charge is 2.63. The van der Waals surface area contributed by atoms with Crippen LogP contribution in [0.3, 0.4) is 0 Å². The number of hydrogen-bond acceptors (Lipinski definition) is 1. The molecule has 0 fully saturated rings. The van der Waals surface area contributed by atoms with Gasteiger partial charge in [-0.15, -0.1) is 0 Å². The Bertz CT molecular complexity index is 457. The Hall–Kier alpha value is -0.830. The normalized spacial score (nSPS) is 14.7. The molecule has 0 aliphatic heterocycles. The highest BCUT2D eigenvalue weighted by molar-refractivity contribution is 9.10. The monoisotopic (exact) mass is 340 g/mol. The molecule has 0 saturated carbocycles. The summed E-state index contributed by atoms with van der Waals surface area (Å²) >= 11 is 2.51. The largest absolute Gasteiger partial charge is 0.456 e. The number of alkyl halides is 5. The summed E-state index contributed by atoms with van der Waals surface area (Å²) < 4.78 is 87.0. The van der Waals surface area contributed by atoms with Gasteiger partial charge >= 0.3 is 12.1 Å². The van der Waals surface area contributed by atoms with Crippen molar-refractivity contribution in [2.75, 3.05) is 0 Å². The molecule has 0 aliphatic carbocycles. The van der Waals surface area contributed by atoms with E-state index in [1.165, 1.54) is 0 Å². The minimum atomic E-state index is -6.08. The molecule has 0 saturated heterocycles. The molecule has 0 spiro atoms. The van der Waals surface area contributed by atoms with E-state index < -0.39 is 39.9 Å². The molecule has 9 heteroatoms. The first kappa shape index (κ1) is 15.2. The van der Waals surface area contributed by atoms with Gasteiger partial charge in [-0.05, 0) is 28.1 Å². The predicted octanol–water partition coefficient (Wildman–Crippen LogP) is 3.96. The van der Waals surface area contributed by atoms with Crippen LogP contribution in [0.15, 0.2) is 16.6 Å². The van der Waals surface area contributed by atoms with Crippen LogP contribution in [0.5, 0.6) is 0 Å². The first-order valence-electron chi connectivity index (χ1n) is 4.25. The van der Waals surface area contributed by atoms with E-state index in [0.717, 1.165) is 0 Å². The van der Waals surface area contributed by atoms with Gasteiger partial charge in [0.15, 0.2) is 6.10 Å². The van der Waals surface area contributed by atoms with Crippen LogP contribution in [0.2, 0.25) is 0 Å². The summed E-state index contributed by atoms with van der Waals surface area (Å²) in [5.41, 5.74) is -1.47. The molecule has 18 heavy (non-hydrogen) atoms. The lowest BCUT2D eigenvalue weighted by molar-refractivity contribution is -0.315. The van der Waals surface area contributed by atoms with Crippen LogP contribution in [0.4, 0.5) is 30.7 Å². The van der Waals surface area contributed by atoms with Gasteiger partial charge in [-0.2, -0.15) is 22.0 Å². The van der Waals surface area contributed by atoms with Gasteiger partial charge in [0.05, 0.1) is 4.47 Å². The fourth-order valence-corrected chi connectivity index (χ4v) is 1.41. The average molecular weight is 341 g/mol. The standard InChI is InChI=1S/C9H4BrF7O/c10-4-2-5(11)3(1-6(4)12)7(18)8(13,14)9(15,16)17/h1-2,7,18H. The van der Waals surface area contributed by atoms with E-state index in [-0.39, 0.29) is 6.07 Å². The molecule has 1 nitrogen and oxygen atoms in total. The number of aliphatic hydroxyl groups excluding tert-OH is 1. The SMILES string of the molecule is OC(c1cc(F)c(Br)cc1F)C(F)(F)C(F)(F)F. The third kappa shape index (κ3) is 2.61. The molecule has 0 aromatic heterocycles. The Kier molecular flexibility index (Phi) is 3.97. The quantitative estimate of drug-likeness (QED) is 0.638. The lowest BCUT2D eigenvalue weighted by atomic mass is 10.0. The highest BCUT2D eigenvalue weighted by atomic mass is 79.9. The van der Waals surface area contributed by atoms with Crippen molar-refractivity contribution in [1.29, 1.82) is 0 Å². The molecular formula is C9H4BrF7O. The summed E-state index contributed by atoms with van der Waals surface area (Å²) in [6.45, 7) is 0. The van der Waals surface area contributed by atoms with Crippen molar-refractivity contribution in [3.63, 3.8) is 0 Å². The average Bonchev–Trinajstić information content (AvgIpc) is 2.20.